The number of hydrogen-bond donors (Lipinski definition) is 0. The summed E-state index contributed by atoms with van der Waals surface area (Å²) in [6, 6.07) is 5.55. The smallest absolute Gasteiger partial charge is 0.410 e. The minimum atomic E-state index is -0.606. The quantitative estimate of drug-likeness (QED) is 0.796. The third kappa shape index (κ3) is 4.03. The van der Waals surface area contributed by atoms with E-state index in [4.69, 9.17) is 4.74 Å². The number of amides is 1. The number of halogens is 1. The summed E-state index contributed by atoms with van der Waals surface area (Å²) in [7, 11) is 0. The average Bonchev–Trinajstić information content (AvgIpc) is 2.36. The van der Waals surface area contributed by atoms with E-state index in [9.17, 15) is 14.0 Å². The number of ketones is 1. The van der Waals surface area contributed by atoms with Crippen LogP contribution in [-0.4, -0.2) is 28.9 Å². The third-order valence-electron chi connectivity index (χ3n) is 3.29. The summed E-state index contributed by atoms with van der Waals surface area (Å²) in [5.74, 6) is -0.307. The predicted molar refractivity (Wildman–Crippen MR) is 76.3 cm³/mol. The molecule has 0 aromatic heterocycles. The molecule has 2 rings (SSSR count). The lowest BCUT2D eigenvalue weighted by Crippen LogP contribution is -2.44. The molecule has 1 aliphatic heterocycles. The van der Waals surface area contributed by atoms with Gasteiger partial charge in [0.1, 0.15) is 17.2 Å². The van der Waals surface area contributed by atoms with Gasteiger partial charge in [-0.05, 0) is 38.5 Å². The molecule has 0 unspecified atom stereocenters. The molecule has 1 heterocycles. The van der Waals surface area contributed by atoms with Gasteiger partial charge in [0.25, 0.3) is 0 Å². The van der Waals surface area contributed by atoms with Gasteiger partial charge in [0.2, 0.25) is 0 Å². The molecule has 4 nitrogen and oxygen atoms in total. The van der Waals surface area contributed by atoms with Crippen molar-refractivity contribution in [3.63, 3.8) is 0 Å². The Morgan fingerprint density at radius 2 is 2.10 bits per heavy atom. The minimum Gasteiger partial charge on any atom is -0.444 e. The zero-order chi connectivity index (χ0) is 15.6. The Morgan fingerprint density at radius 3 is 2.71 bits per heavy atom. The van der Waals surface area contributed by atoms with Gasteiger partial charge in [0.15, 0.2) is 0 Å². The first kappa shape index (κ1) is 15.5. The van der Waals surface area contributed by atoms with Gasteiger partial charge in [0, 0.05) is 19.4 Å². The van der Waals surface area contributed by atoms with E-state index in [0.717, 1.165) is 0 Å². The fourth-order valence-corrected chi connectivity index (χ4v) is 2.38. The van der Waals surface area contributed by atoms with Crippen molar-refractivity contribution in [3.05, 3.63) is 35.6 Å². The zero-order valence-corrected chi connectivity index (χ0v) is 12.6. The number of benzene rings is 1. The number of ether oxygens (including phenoxy) is 1. The highest BCUT2D eigenvalue weighted by Gasteiger charge is 2.34. The predicted octanol–water partition coefficient (Wildman–Crippen LogP) is 3.47. The fourth-order valence-electron chi connectivity index (χ4n) is 2.38. The summed E-state index contributed by atoms with van der Waals surface area (Å²) in [4.78, 5) is 25.5. The molecule has 0 spiro atoms. The molecule has 21 heavy (non-hydrogen) atoms. The molecule has 1 amide bonds. The van der Waals surface area contributed by atoms with Gasteiger partial charge in [-0.3, -0.25) is 4.79 Å². The lowest BCUT2D eigenvalue weighted by Gasteiger charge is -2.36. The summed E-state index contributed by atoms with van der Waals surface area (Å²) in [5.41, 5.74) is 0.0132. The molecule has 0 aliphatic carbocycles. The maximum Gasteiger partial charge on any atom is 0.410 e. The lowest BCUT2D eigenvalue weighted by molar-refractivity contribution is -0.123. The molecule has 0 saturated carbocycles. The first-order valence-corrected chi connectivity index (χ1v) is 7.03. The van der Waals surface area contributed by atoms with E-state index in [0.29, 0.717) is 18.5 Å². The van der Waals surface area contributed by atoms with Crippen LogP contribution in [-0.2, 0) is 9.53 Å². The van der Waals surface area contributed by atoms with Crippen molar-refractivity contribution in [2.45, 2.75) is 45.3 Å². The number of hydrogen-bond acceptors (Lipinski definition) is 3. The Kier molecular flexibility index (Phi) is 4.30. The number of rotatable bonds is 1. The highest BCUT2D eigenvalue weighted by Crippen LogP contribution is 2.31. The van der Waals surface area contributed by atoms with Crippen LogP contribution < -0.4 is 0 Å². The maximum absolute atomic E-state index is 13.4. The summed E-state index contributed by atoms with van der Waals surface area (Å²) in [6.07, 6.45) is 0.0394. The number of nitrogens with zero attached hydrogens (tertiary/aromatic N) is 1. The summed E-state index contributed by atoms with van der Waals surface area (Å²) in [5, 5.41) is 0. The second-order valence-electron chi connectivity index (χ2n) is 6.24. The third-order valence-corrected chi connectivity index (χ3v) is 3.29. The van der Waals surface area contributed by atoms with Crippen LogP contribution >= 0.6 is 0 Å². The molecule has 1 aromatic rings. The van der Waals surface area contributed by atoms with E-state index >= 15 is 0 Å². The Hall–Kier alpha value is -1.91. The van der Waals surface area contributed by atoms with Gasteiger partial charge in [-0.15, -0.1) is 0 Å². The van der Waals surface area contributed by atoms with E-state index in [1.54, 1.807) is 32.9 Å². The SMILES string of the molecule is CC(C)(C)OC(=O)N1CCC(=O)C[C@H]1c1cccc(F)c1. The largest absolute Gasteiger partial charge is 0.444 e. The van der Waals surface area contributed by atoms with Crippen LogP contribution in [0.1, 0.15) is 45.2 Å². The topological polar surface area (TPSA) is 46.6 Å². The second kappa shape index (κ2) is 5.84. The highest BCUT2D eigenvalue weighted by molar-refractivity contribution is 5.82. The molecular weight excluding hydrogens is 273 g/mol. The van der Waals surface area contributed by atoms with E-state index in [2.05, 4.69) is 0 Å². The second-order valence-corrected chi connectivity index (χ2v) is 6.24. The molecule has 0 radical (unpaired) electrons. The van der Waals surface area contributed by atoms with Crippen LogP contribution in [0.3, 0.4) is 0 Å². The standard InChI is InChI=1S/C16H20FNO3/c1-16(2,3)21-15(20)18-8-7-13(19)10-14(18)11-5-4-6-12(17)9-11/h4-6,9,14H,7-8,10H2,1-3H3/t14-/m0/s1. The maximum atomic E-state index is 13.4. The minimum absolute atomic E-state index is 0.0732. The van der Waals surface area contributed by atoms with E-state index in [1.165, 1.54) is 17.0 Å². The monoisotopic (exact) mass is 293 g/mol. The zero-order valence-electron chi connectivity index (χ0n) is 12.6. The van der Waals surface area contributed by atoms with Crippen LogP contribution in [0, 0.1) is 5.82 Å². The number of carbonyl (C=O) groups is 2. The van der Waals surface area contributed by atoms with Crippen LogP contribution in [0.25, 0.3) is 0 Å². The summed E-state index contributed by atoms with van der Waals surface area (Å²) >= 11 is 0. The van der Waals surface area contributed by atoms with Crippen molar-refractivity contribution in [3.8, 4) is 0 Å². The number of likely N-dealkylation sites (tertiary alicyclic amines) is 1. The normalized spacial score (nSPS) is 19.5. The molecule has 0 N–H and O–H groups in total. The van der Waals surface area contributed by atoms with Gasteiger partial charge in [-0.2, -0.15) is 0 Å². The van der Waals surface area contributed by atoms with E-state index in [1.807, 2.05) is 0 Å². The summed E-state index contributed by atoms with van der Waals surface area (Å²) in [6.45, 7) is 5.67. The van der Waals surface area contributed by atoms with Crippen LogP contribution in [0.5, 0.6) is 0 Å². The van der Waals surface area contributed by atoms with Gasteiger partial charge >= 0.3 is 6.09 Å². The Balaban J connectivity index is 2.25. The van der Waals surface area contributed by atoms with Crippen molar-refractivity contribution in [2.75, 3.05) is 6.54 Å². The van der Waals surface area contributed by atoms with E-state index < -0.39 is 17.7 Å². The molecule has 114 valence electrons. The molecule has 1 fully saturated rings. The van der Waals surface area contributed by atoms with Crippen LogP contribution in [0.15, 0.2) is 24.3 Å². The Morgan fingerprint density at radius 1 is 1.38 bits per heavy atom. The van der Waals surface area contributed by atoms with Gasteiger partial charge in [-0.1, -0.05) is 12.1 Å². The first-order valence-electron chi connectivity index (χ1n) is 7.03. The van der Waals surface area contributed by atoms with Crippen molar-refractivity contribution in [1.82, 2.24) is 4.90 Å². The molecule has 5 heteroatoms. The van der Waals surface area contributed by atoms with Crippen molar-refractivity contribution in [1.29, 1.82) is 0 Å². The number of Topliss-reactive ketones (excluding diaryl/α,β-unsaturated/α-hetero) is 1. The Labute approximate surface area is 123 Å². The van der Waals surface area contributed by atoms with Gasteiger partial charge in [-0.25, -0.2) is 9.18 Å². The van der Waals surface area contributed by atoms with E-state index in [-0.39, 0.29) is 18.0 Å². The molecule has 0 bridgehead atoms. The molecule has 1 saturated heterocycles. The lowest BCUT2D eigenvalue weighted by atomic mass is 9.94. The molecule has 1 atom stereocenters. The fraction of sp³-hybridized carbons (Fsp3) is 0.500. The average molecular weight is 293 g/mol. The first-order chi connectivity index (χ1) is 9.76. The Bertz CT molecular complexity index is 551. The van der Waals surface area contributed by atoms with Crippen molar-refractivity contribution < 1.29 is 18.7 Å². The highest BCUT2D eigenvalue weighted by atomic mass is 19.1. The molecule has 1 aliphatic rings. The van der Waals surface area contributed by atoms with Gasteiger partial charge in [0.05, 0.1) is 6.04 Å². The summed E-state index contributed by atoms with van der Waals surface area (Å²) < 4.78 is 18.8. The van der Waals surface area contributed by atoms with Crippen LogP contribution in [0.2, 0.25) is 0 Å². The molecule has 1 aromatic carbocycles. The van der Waals surface area contributed by atoms with Crippen molar-refractivity contribution >= 4 is 11.9 Å². The van der Waals surface area contributed by atoms with Crippen molar-refractivity contribution in [2.24, 2.45) is 0 Å². The van der Waals surface area contributed by atoms with Crippen LogP contribution in [0.4, 0.5) is 9.18 Å². The number of piperidine rings is 1. The molecular formula is C16H20FNO3. The van der Waals surface area contributed by atoms with Gasteiger partial charge < -0.3 is 9.64 Å². The number of carbonyl (C=O) groups excluding carboxylic acids is 2.